The summed E-state index contributed by atoms with van der Waals surface area (Å²) in [6.07, 6.45) is -4.06. The first-order chi connectivity index (χ1) is 11.0. The van der Waals surface area contributed by atoms with E-state index in [9.17, 15) is 29.2 Å². The first-order valence-electron chi connectivity index (χ1n) is 6.61. The van der Waals surface area contributed by atoms with E-state index < -0.39 is 55.8 Å². The summed E-state index contributed by atoms with van der Waals surface area (Å²) in [5, 5.41) is 18.4. The van der Waals surface area contributed by atoms with Gasteiger partial charge in [0.15, 0.2) is 0 Å². The molecule has 1 aromatic rings. The fourth-order valence-corrected chi connectivity index (χ4v) is 2.97. The van der Waals surface area contributed by atoms with Crippen molar-refractivity contribution in [3.05, 3.63) is 32.6 Å². The van der Waals surface area contributed by atoms with Crippen LogP contribution in [0.3, 0.4) is 0 Å². The van der Waals surface area contributed by atoms with E-state index >= 15 is 0 Å². The van der Waals surface area contributed by atoms with E-state index in [0.717, 1.165) is 13.1 Å². The van der Waals surface area contributed by atoms with Crippen molar-refractivity contribution < 1.29 is 38.6 Å². The van der Waals surface area contributed by atoms with Crippen LogP contribution in [0.15, 0.2) is 15.7 Å². The van der Waals surface area contributed by atoms with Crippen LogP contribution in [0.1, 0.15) is 23.1 Å². The molecular weight excluding hydrogens is 351 g/mol. The first kappa shape index (κ1) is 18.5. The number of carboxylic acids is 1. The number of phosphoric ester groups is 1. The van der Waals surface area contributed by atoms with Crippen molar-refractivity contribution in [2.24, 2.45) is 7.05 Å². The Morgan fingerprint density at radius 2 is 2.08 bits per heavy atom. The number of phosphoric acid groups is 1. The van der Waals surface area contributed by atoms with Crippen LogP contribution in [0.5, 0.6) is 0 Å². The maximum Gasteiger partial charge on any atom is 0.469 e. The molecule has 0 amide bonds. The van der Waals surface area contributed by atoms with Gasteiger partial charge in [0.2, 0.25) is 0 Å². The Balaban J connectivity index is 2.48. The normalized spacial score (nSPS) is 24.2. The molecule has 0 aromatic carbocycles. The third-order valence-electron chi connectivity index (χ3n) is 3.48. The largest absolute Gasteiger partial charge is 0.477 e. The number of aliphatic hydroxyl groups excluding tert-OH is 1. The van der Waals surface area contributed by atoms with Crippen molar-refractivity contribution >= 4 is 13.8 Å². The second kappa shape index (κ2) is 6.59. The standard InChI is InChI=1S/C11H15N2O10P/c1-12-8(15)2-5(10(16)17)13(11(12)18)9-3-6(7(4-14)22-9)23-24(19,20)21/h2,6-7,9,14H,3-4H2,1H3,(H,16,17)(H2,19,20,21)/t6-,7+,9+/m0/s1. The molecular formula is C11H15N2O10P. The number of carboxylic acid groups (broad SMARTS) is 1. The van der Waals surface area contributed by atoms with Crippen molar-refractivity contribution in [1.29, 1.82) is 0 Å². The summed E-state index contributed by atoms with van der Waals surface area (Å²) in [6, 6.07) is 0.720. The Labute approximate surface area is 133 Å². The van der Waals surface area contributed by atoms with Gasteiger partial charge in [-0.25, -0.2) is 14.2 Å². The molecule has 4 N–H and O–H groups in total. The van der Waals surface area contributed by atoms with E-state index in [2.05, 4.69) is 4.52 Å². The van der Waals surface area contributed by atoms with Crippen molar-refractivity contribution in [3.63, 3.8) is 0 Å². The average molecular weight is 366 g/mol. The van der Waals surface area contributed by atoms with Gasteiger partial charge in [0, 0.05) is 19.5 Å². The average Bonchev–Trinajstić information content (AvgIpc) is 2.84. The number of hydrogen-bond acceptors (Lipinski definition) is 7. The molecule has 1 aliphatic heterocycles. The Morgan fingerprint density at radius 3 is 2.58 bits per heavy atom. The quantitative estimate of drug-likeness (QED) is 0.426. The minimum Gasteiger partial charge on any atom is -0.477 e. The number of rotatable bonds is 5. The first-order valence-corrected chi connectivity index (χ1v) is 8.14. The lowest BCUT2D eigenvalue weighted by molar-refractivity contribution is -0.0464. The summed E-state index contributed by atoms with van der Waals surface area (Å²) in [6.45, 7) is -0.677. The van der Waals surface area contributed by atoms with Crippen LogP contribution in [0.2, 0.25) is 0 Å². The summed E-state index contributed by atoms with van der Waals surface area (Å²) in [5.74, 6) is -1.56. The Bertz CT molecular complexity index is 808. The molecule has 3 atom stereocenters. The number of nitrogens with zero attached hydrogens (tertiary/aromatic N) is 2. The van der Waals surface area contributed by atoms with Crippen LogP contribution in [-0.2, 0) is 20.9 Å². The molecule has 0 bridgehead atoms. The second-order valence-electron chi connectivity index (χ2n) is 5.07. The molecule has 24 heavy (non-hydrogen) atoms. The maximum absolute atomic E-state index is 12.2. The lowest BCUT2D eigenvalue weighted by Crippen LogP contribution is -2.42. The number of carbonyl (C=O) groups is 1. The molecule has 12 nitrogen and oxygen atoms in total. The van der Waals surface area contributed by atoms with Gasteiger partial charge in [-0.1, -0.05) is 0 Å². The fraction of sp³-hybridized carbons (Fsp3) is 0.545. The highest BCUT2D eigenvalue weighted by atomic mass is 31.2. The van der Waals surface area contributed by atoms with Crippen LogP contribution >= 0.6 is 7.82 Å². The minimum atomic E-state index is -4.89. The Hall–Kier alpha value is -1.82. The summed E-state index contributed by atoms with van der Waals surface area (Å²) in [5.41, 5.74) is -2.48. The molecule has 2 rings (SSSR count). The van der Waals surface area contributed by atoms with Crippen molar-refractivity contribution in [1.82, 2.24) is 9.13 Å². The zero-order valence-corrected chi connectivity index (χ0v) is 13.2. The Morgan fingerprint density at radius 1 is 1.46 bits per heavy atom. The molecule has 134 valence electrons. The van der Waals surface area contributed by atoms with Gasteiger partial charge in [-0.3, -0.25) is 18.5 Å². The molecule has 2 heterocycles. The molecule has 1 aliphatic rings. The summed E-state index contributed by atoms with van der Waals surface area (Å²) in [4.78, 5) is 52.8. The summed E-state index contributed by atoms with van der Waals surface area (Å²) in [7, 11) is -3.76. The van der Waals surface area contributed by atoms with Gasteiger partial charge in [-0.2, -0.15) is 0 Å². The zero-order chi connectivity index (χ0) is 18.2. The molecule has 1 saturated heterocycles. The lowest BCUT2D eigenvalue weighted by atomic mass is 10.2. The monoisotopic (exact) mass is 366 g/mol. The Kier molecular flexibility index (Phi) is 5.08. The SMILES string of the molecule is Cn1c(=O)cc(C(=O)O)n([C@H]2C[C@H](OP(=O)(O)O)[C@@H](CO)O2)c1=O. The molecule has 0 saturated carbocycles. The van der Waals surface area contributed by atoms with Gasteiger partial charge in [-0.05, 0) is 0 Å². The molecule has 13 heteroatoms. The van der Waals surface area contributed by atoms with Crippen LogP contribution in [0, 0.1) is 0 Å². The van der Waals surface area contributed by atoms with Crippen molar-refractivity contribution in [2.75, 3.05) is 6.61 Å². The number of hydrogen-bond donors (Lipinski definition) is 4. The van der Waals surface area contributed by atoms with Gasteiger partial charge < -0.3 is 24.7 Å². The van der Waals surface area contributed by atoms with Gasteiger partial charge in [0.05, 0.1) is 6.61 Å². The number of aromatic carboxylic acids is 1. The van der Waals surface area contributed by atoms with Crippen LogP contribution < -0.4 is 11.2 Å². The zero-order valence-electron chi connectivity index (χ0n) is 12.3. The van der Waals surface area contributed by atoms with E-state index in [-0.39, 0.29) is 6.42 Å². The number of aliphatic hydroxyl groups is 1. The van der Waals surface area contributed by atoms with Crippen molar-refractivity contribution in [3.8, 4) is 0 Å². The van der Waals surface area contributed by atoms with Crippen LogP contribution in [-0.4, -0.2) is 53.9 Å². The molecule has 0 spiro atoms. The second-order valence-corrected chi connectivity index (χ2v) is 6.26. The van der Waals surface area contributed by atoms with Crippen LogP contribution in [0.25, 0.3) is 0 Å². The topological polar surface area (TPSA) is 178 Å². The third-order valence-corrected chi connectivity index (χ3v) is 4.03. The molecule has 0 radical (unpaired) electrons. The molecule has 0 aliphatic carbocycles. The van der Waals surface area contributed by atoms with Crippen molar-refractivity contribution in [2.45, 2.75) is 24.9 Å². The van der Waals surface area contributed by atoms with Gasteiger partial charge in [0.1, 0.15) is 24.1 Å². The van der Waals surface area contributed by atoms with Gasteiger partial charge in [0.25, 0.3) is 5.56 Å². The lowest BCUT2D eigenvalue weighted by Gasteiger charge is -2.17. The predicted octanol–water partition coefficient (Wildman–Crippen LogP) is -2.00. The van der Waals surface area contributed by atoms with Gasteiger partial charge >= 0.3 is 19.5 Å². The highest BCUT2D eigenvalue weighted by molar-refractivity contribution is 7.46. The van der Waals surface area contributed by atoms with Crippen LogP contribution in [0.4, 0.5) is 0 Å². The predicted molar refractivity (Wildman–Crippen MR) is 75.4 cm³/mol. The minimum absolute atomic E-state index is 0.311. The third kappa shape index (κ3) is 3.64. The summed E-state index contributed by atoms with van der Waals surface area (Å²) >= 11 is 0. The molecule has 1 aromatic heterocycles. The van der Waals surface area contributed by atoms with E-state index in [4.69, 9.17) is 14.5 Å². The smallest absolute Gasteiger partial charge is 0.469 e. The molecule has 1 fully saturated rings. The van der Waals surface area contributed by atoms with E-state index in [0.29, 0.717) is 9.13 Å². The highest BCUT2D eigenvalue weighted by Gasteiger charge is 2.41. The van der Waals surface area contributed by atoms with E-state index in [1.165, 1.54) is 0 Å². The molecule has 0 unspecified atom stereocenters. The maximum atomic E-state index is 12.2. The highest BCUT2D eigenvalue weighted by Crippen LogP contribution is 2.43. The fourth-order valence-electron chi connectivity index (χ4n) is 2.39. The number of ether oxygens (including phenoxy) is 1. The van der Waals surface area contributed by atoms with E-state index in [1.807, 2.05) is 0 Å². The summed E-state index contributed by atoms with van der Waals surface area (Å²) < 4.78 is 22.1. The van der Waals surface area contributed by atoms with E-state index in [1.54, 1.807) is 0 Å². The number of aromatic nitrogens is 2. The van der Waals surface area contributed by atoms with Gasteiger partial charge in [-0.15, -0.1) is 0 Å².